The predicted molar refractivity (Wildman–Crippen MR) is 101 cm³/mol. The van der Waals surface area contributed by atoms with Crippen molar-refractivity contribution in [2.24, 2.45) is 21.5 Å². The van der Waals surface area contributed by atoms with Gasteiger partial charge in [0.05, 0.1) is 0 Å². The van der Waals surface area contributed by atoms with Crippen LogP contribution in [0.15, 0.2) is 58.5 Å². The summed E-state index contributed by atoms with van der Waals surface area (Å²) >= 11 is 6.25. The molecule has 0 unspecified atom stereocenters. The Balaban J connectivity index is 2.06. The van der Waals surface area contributed by atoms with Crippen molar-refractivity contribution < 1.29 is 4.79 Å². The Kier molecular flexibility index (Phi) is 4.22. The van der Waals surface area contributed by atoms with Gasteiger partial charge in [-0.25, -0.2) is 4.99 Å². The van der Waals surface area contributed by atoms with E-state index in [0.717, 1.165) is 0 Å². The molecule has 1 aliphatic rings. The highest BCUT2D eigenvalue weighted by Gasteiger charge is 2.33. The summed E-state index contributed by atoms with van der Waals surface area (Å²) in [6.07, 6.45) is 0. The van der Waals surface area contributed by atoms with Gasteiger partial charge in [0, 0.05) is 21.8 Å². The Morgan fingerprint density at radius 1 is 1.08 bits per heavy atom. The minimum atomic E-state index is -0.756. The Hall–Kier alpha value is -2.86. The monoisotopic (exact) mass is 355 g/mol. The second-order valence-corrected chi connectivity index (χ2v) is 6.60. The molecule has 0 amide bonds. The van der Waals surface area contributed by atoms with Crippen LogP contribution in [0, 0.1) is 0 Å². The number of carbonyl (C=O) groups excluding carboxylic acids is 1. The van der Waals surface area contributed by atoms with Crippen LogP contribution in [0.25, 0.3) is 0 Å². The topological polar surface area (TPSA) is 97.1 Å². The molecule has 128 valence electrons. The summed E-state index contributed by atoms with van der Waals surface area (Å²) in [4.78, 5) is 22.8. The van der Waals surface area contributed by atoms with Crippen LogP contribution in [-0.2, 0) is 0 Å². The number of guanidine groups is 2. The van der Waals surface area contributed by atoms with Gasteiger partial charge in [-0.05, 0) is 32.0 Å². The SMILES string of the molecule is CC1(C)N=C(N)N=C(N)N1c1cc(Cl)cc(C(=O)c2ccccc2)c1. The molecule has 2 aromatic rings. The molecular weight excluding hydrogens is 338 g/mol. The molecule has 25 heavy (non-hydrogen) atoms. The van der Waals surface area contributed by atoms with Gasteiger partial charge in [0.15, 0.2) is 5.78 Å². The number of carbonyl (C=O) groups is 1. The summed E-state index contributed by atoms with van der Waals surface area (Å²) in [5.74, 6) is 0.178. The molecule has 0 bridgehead atoms. The molecule has 0 spiro atoms. The van der Waals surface area contributed by atoms with E-state index in [1.165, 1.54) is 0 Å². The molecule has 6 nitrogen and oxygen atoms in total. The number of halogens is 1. The van der Waals surface area contributed by atoms with Crippen molar-refractivity contribution in [3.05, 3.63) is 64.7 Å². The van der Waals surface area contributed by atoms with Crippen LogP contribution in [-0.4, -0.2) is 23.4 Å². The molecule has 7 heteroatoms. The fourth-order valence-corrected chi connectivity index (χ4v) is 3.07. The van der Waals surface area contributed by atoms with Crippen LogP contribution in [0.3, 0.4) is 0 Å². The molecule has 0 atom stereocenters. The molecule has 0 saturated carbocycles. The zero-order valence-corrected chi connectivity index (χ0v) is 14.7. The number of anilines is 1. The molecule has 0 radical (unpaired) electrons. The van der Waals surface area contributed by atoms with Crippen LogP contribution in [0.5, 0.6) is 0 Å². The number of aliphatic imine (C=N–C) groups is 2. The van der Waals surface area contributed by atoms with Crippen molar-refractivity contribution in [1.82, 2.24) is 0 Å². The van der Waals surface area contributed by atoms with Crippen molar-refractivity contribution in [2.75, 3.05) is 4.90 Å². The molecule has 0 aliphatic carbocycles. The van der Waals surface area contributed by atoms with E-state index < -0.39 is 5.66 Å². The quantitative estimate of drug-likeness (QED) is 0.827. The van der Waals surface area contributed by atoms with E-state index in [0.29, 0.717) is 21.8 Å². The van der Waals surface area contributed by atoms with Crippen molar-refractivity contribution >= 4 is 35.0 Å². The number of rotatable bonds is 3. The van der Waals surface area contributed by atoms with E-state index in [1.54, 1.807) is 35.2 Å². The zero-order chi connectivity index (χ0) is 18.2. The lowest BCUT2D eigenvalue weighted by atomic mass is 10.0. The standard InChI is InChI=1S/C18H18ClN5O/c1-18(2)23-16(20)22-17(21)24(18)14-9-12(8-13(19)10-14)15(25)11-6-4-3-5-7-11/h3-10H,1-2H3,(H4,20,21,22,23). The molecule has 1 aliphatic heterocycles. The molecule has 3 rings (SSSR count). The number of nitrogens with two attached hydrogens (primary N) is 2. The maximum absolute atomic E-state index is 12.7. The van der Waals surface area contributed by atoms with Gasteiger partial charge in [0.2, 0.25) is 11.9 Å². The first-order valence-corrected chi connectivity index (χ1v) is 8.06. The normalized spacial score (nSPS) is 16.2. The van der Waals surface area contributed by atoms with Crippen molar-refractivity contribution in [3.8, 4) is 0 Å². The van der Waals surface area contributed by atoms with Crippen LogP contribution in [0.2, 0.25) is 5.02 Å². The summed E-state index contributed by atoms with van der Waals surface area (Å²) in [5, 5.41) is 0.419. The van der Waals surface area contributed by atoms with Gasteiger partial charge >= 0.3 is 0 Å². The summed E-state index contributed by atoms with van der Waals surface area (Å²) in [6, 6.07) is 14.1. The third kappa shape index (κ3) is 3.34. The third-order valence-electron chi connectivity index (χ3n) is 3.83. The number of ketones is 1. The van der Waals surface area contributed by atoms with E-state index in [4.69, 9.17) is 23.1 Å². The fourth-order valence-electron chi connectivity index (χ4n) is 2.84. The van der Waals surface area contributed by atoms with E-state index >= 15 is 0 Å². The van der Waals surface area contributed by atoms with E-state index in [2.05, 4.69) is 9.98 Å². The average molecular weight is 356 g/mol. The van der Waals surface area contributed by atoms with Gasteiger partial charge in [0.1, 0.15) is 5.66 Å². The summed E-state index contributed by atoms with van der Waals surface area (Å²) in [6.45, 7) is 3.70. The van der Waals surface area contributed by atoms with Gasteiger partial charge in [-0.1, -0.05) is 41.9 Å². The molecule has 0 saturated heterocycles. The van der Waals surface area contributed by atoms with Gasteiger partial charge in [-0.15, -0.1) is 0 Å². The Bertz CT molecular complexity index is 890. The largest absolute Gasteiger partial charge is 0.369 e. The van der Waals surface area contributed by atoms with Crippen LogP contribution in [0.1, 0.15) is 29.8 Å². The van der Waals surface area contributed by atoms with Crippen molar-refractivity contribution in [3.63, 3.8) is 0 Å². The summed E-state index contributed by atoms with van der Waals surface area (Å²) in [7, 11) is 0. The fraction of sp³-hybridized carbons (Fsp3) is 0.167. The smallest absolute Gasteiger partial charge is 0.220 e. The third-order valence-corrected chi connectivity index (χ3v) is 4.05. The maximum atomic E-state index is 12.7. The minimum absolute atomic E-state index is 0.112. The zero-order valence-electron chi connectivity index (χ0n) is 13.9. The molecular formula is C18H18ClN5O. The van der Waals surface area contributed by atoms with Crippen molar-refractivity contribution in [1.29, 1.82) is 0 Å². The van der Waals surface area contributed by atoms with Crippen LogP contribution in [0.4, 0.5) is 5.69 Å². The molecule has 4 N–H and O–H groups in total. The second-order valence-electron chi connectivity index (χ2n) is 6.16. The van der Waals surface area contributed by atoms with Crippen molar-refractivity contribution in [2.45, 2.75) is 19.5 Å². The summed E-state index contributed by atoms with van der Waals surface area (Å²) < 4.78 is 0. The molecule has 2 aromatic carbocycles. The molecule has 0 aromatic heterocycles. The lowest BCUT2D eigenvalue weighted by molar-refractivity contribution is 0.103. The highest BCUT2D eigenvalue weighted by Crippen LogP contribution is 2.31. The Morgan fingerprint density at radius 3 is 2.40 bits per heavy atom. The Morgan fingerprint density at radius 2 is 1.76 bits per heavy atom. The molecule has 0 fully saturated rings. The predicted octanol–water partition coefficient (Wildman–Crippen LogP) is 2.76. The molecule has 1 heterocycles. The summed E-state index contributed by atoms with van der Waals surface area (Å²) in [5.41, 5.74) is 12.7. The Labute approximate surface area is 150 Å². The van der Waals surface area contributed by atoms with E-state index in [9.17, 15) is 4.79 Å². The van der Waals surface area contributed by atoms with Crippen LogP contribution < -0.4 is 16.4 Å². The second kappa shape index (κ2) is 6.22. The van der Waals surface area contributed by atoms with Gasteiger partial charge in [-0.2, -0.15) is 4.99 Å². The first-order valence-electron chi connectivity index (χ1n) is 7.68. The lowest BCUT2D eigenvalue weighted by Gasteiger charge is -2.38. The number of benzene rings is 2. The van der Waals surface area contributed by atoms with Crippen LogP contribution >= 0.6 is 11.6 Å². The first kappa shape index (κ1) is 17.0. The minimum Gasteiger partial charge on any atom is -0.369 e. The van der Waals surface area contributed by atoms with Gasteiger partial charge in [0.25, 0.3) is 0 Å². The highest BCUT2D eigenvalue weighted by molar-refractivity contribution is 6.31. The average Bonchev–Trinajstić information content (AvgIpc) is 2.52. The van der Waals surface area contributed by atoms with E-state index in [1.807, 2.05) is 32.0 Å². The van der Waals surface area contributed by atoms with Gasteiger partial charge in [-0.3, -0.25) is 9.69 Å². The number of nitrogens with zero attached hydrogens (tertiary/aromatic N) is 3. The highest BCUT2D eigenvalue weighted by atomic mass is 35.5. The lowest BCUT2D eigenvalue weighted by Crippen LogP contribution is -2.54. The maximum Gasteiger partial charge on any atom is 0.220 e. The number of hydrogen-bond donors (Lipinski definition) is 2. The number of hydrogen-bond acceptors (Lipinski definition) is 6. The van der Waals surface area contributed by atoms with E-state index in [-0.39, 0.29) is 17.7 Å². The van der Waals surface area contributed by atoms with Gasteiger partial charge < -0.3 is 11.5 Å². The first-order chi connectivity index (χ1) is 11.8.